The van der Waals surface area contributed by atoms with E-state index in [0.717, 1.165) is 20.1 Å². The lowest BCUT2D eigenvalue weighted by Gasteiger charge is -2.14. The minimum Gasteiger partial charge on any atom is -0.336 e. The maximum absolute atomic E-state index is 12.1. The second kappa shape index (κ2) is 5.29. The molecule has 3 nitrogen and oxygen atoms in total. The number of aromatic nitrogens is 1. The fourth-order valence-electron chi connectivity index (χ4n) is 1.44. The molecule has 90 valence electrons. The van der Waals surface area contributed by atoms with Crippen molar-refractivity contribution in [3.05, 3.63) is 36.9 Å². The quantitative estimate of drug-likeness (QED) is 0.862. The summed E-state index contributed by atoms with van der Waals surface area (Å²) in [5.41, 5.74) is 1.66. The Kier molecular flexibility index (Phi) is 3.96. The van der Waals surface area contributed by atoms with Crippen LogP contribution < -0.4 is 0 Å². The van der Waals surface area contributed by atoms with Crippen LogP contribution in [0, 0.1) is 6.92 Å². The number of rotatable bonds is 3. The van der Waals surface area contributed by atoms with Gasteiger partial charge in [-0.2, -0.15) is 0 Å². The Morgan fingerprint density at radius 3 is 2.76 bits per heavy atom. The normalized spacial score (nSPS) is 10.5. The van der Waals surface area contributed by atoms with Gasteiger partial charge in [-0.25, -0.2) is 4.98 Å². The van der Waals surface area contributed by atoms with E-state index in [-0.39, 0.29) is 5.91 Å². The van der Waals surface area contributed by atoms with E-state index in [2.05, 4.69) is 20.9 Å². The molecule has 2 heterocycles. The monoisotopic (exact) mass is 330 g/mol. The molecule has 2 aromatic heterocycles. The first-order valence-corrected chi connectivity index (χ1v) is 7.52. The first-order chi connectivity index (χ1) is 8.06. The third-order valence-corrected chi connectivity index (χ3v) is 4.55. The largest absolute Gasteiger partial charge is 0.336 e. The second-order valence-corrected chi connectivity index (χ2v) is 7.01. The zero-order chi connectivity index (χ0) is 12.4. The van der Waals surface area contributed by atoms with E-state index in [1.165, 1.54) is 11.3 Å². The molecule has 0 spiro atoms. The molecule has 0 aliphatic carbocycles. The van der Waals surface area contributed by atoms with Crippen LogP contribution in [-0.4, -0.2) is 22.8 Å². The highest BCUT2D eigenvalue weighted by molar-refractivity contribution is 9.11. The maximum Gasteiger partial charge on any atom is 0.254 e. The fraction of sp³-hybridized carbons (Fsp3) is 0.273. The second-order valence-electron chi connectivity index (χ2n) is 3.66. The lowest BCUT2D eigenvalue weighted by molar-refractivity contribution is 0.0784. The van der Waals surface area contributed by atoms with Crippen molar-refractivity contribution in [1.29, 1.82) is 0 Å². The van der Waals surface area contributed by atoms with Gasteiger partial charge in [0.15, 0.2) is 0 Å². The highest BCUT2D eigenvalue weighted by Crippen LogP contribution is 2.22. The van der Waals surface area contributed by atoms with Crippen LogP contribution in [0.5, 0.6) is 0 Å². The van der Waals surface area contributed by atoms with E-state index >= 15 is 0 Å². The SMILES string of the molecule is Cc1nc(CN(C)C(=O)c2csc(Br)c2)cs1. The molecule has 2 aromatic rings. The van der Waals surface area contributed by atoms with Crippen LogP contribution in [0.4, 0.5) is 0 Å². The third-order valence-electron chi connectivity index (χ3n) is 2.23. The van der Waals surface area contributed by atoms with Gasteiger partial charge in [-0.05, 0) is 28.9 Å². The molecule has 17 heavy (non-hydrogen) atoms. The van der Waals surface area contributed by atoms with Crippen molar-refractivity contribution < 1.29 is 4.79 Å². The average Bonchev–Trinajstić information content (AvgIpc) is 2.87. The molecule has 0 saturated heterocycles. The van der Waals surface area contributed by atoms with Crippen LogP contribution in [0.15, 0.2) is 20.6 Å². The first kappa shape index (κ1) is 12.7. The summed E-state index contributed by atoms with van der Waals surface area (Å²) in [6, 6.07) is 1.84. The molecule has 0 aromatic carbocycles. The Morgan fingerprint density at radius 1 is 1.47 bits per heavy atom. The molecule has 0 unspecified atom stereocenters. The minimum absolute atomic E-state index is 0.0256. The van der Waals surface area contributed by atoms with Gasteiger partial charge in [-0.15, -0.1) is 22.7 Å². The zero-order valence-electron chi connectivity index (χ0n) is 9.44. The summed E-state index contributed by atoms with van der Waals surface area (Å²) < 4.78 is 0.971. The summed E-state index contributed by atoms with van der Waals surface area (Å²) in [6.45, 7) is 2.52. The number of thiophene rings is 1. The molecule has 0 radical (unpaired) electrons. The van der Waals surface area contributed by atoms with E-state index in [4.69, 9.17) is 0 Å². The van der Waals surface area contributed by atoms with Crippen molar-refractivity contribution in [3.63, 3.8) is 0 Å². The average molecular weight is 331 g/mol. The van der Waals surface area contributed by atoms with Gasteiger partial charge in [0.05, 0.1) is 26.6 Å². The van der Waals surface area contributed by atoms with Gasteiger partial charge in [0.2, 0.25) is 0 Å². The number of halogens is 1. The Balaban J connectivity index is 2.05. The summed E-state index contributed by atoms with van der Waals surface area (Å²) in [5, 5.41) is 4.87. The summed E-state index contributed by atoms with van der Waals surface area (Å²) in [7, 11) is 1.79. The Morgan fingerprint density at radius 2 is 2.24 bits per heavy atom. The molecule has 1 amide bonds. The van der Waals surface area contributed by atoms with E-state index in [0.29, 0.717) is 6.54 Å². The molecule has 6 heteroatoms. The zero-order valence-corrected chi connectivity index (χ0v) is 12.7. The lowest BCUT2D eigenvalue weighted by Crippen LogP contribution is -2.25. The van der Waals surface area contributed by atoms with Crippen LogP contribution >= 0.6 is 38.6 Å². The van der Waals surface area contributed by atoms with Crippen LogP contribution in [0.1, 0.15) is 21.1 Å². The van der Waals surface area contributed by atoms with Crippen LogP contribution in [-0.2, 0) is 6.54 Å². The van der Waals surface area contributed by atoms with Gasteiger partial charge >= 0.3 is 0 Å². The van der Waals surface area contributed by atoms with E-state index in [9.17, 15) is 4.79 Å². The smallest absolute Gasteiger partial charge is 0.254 e. The van der Waals surface area contributed by atoms with Gasteiger partial charge in [0, 0.05) is 17.8 Å². The van der Waals surface area contributed by atoms with E-state index < -0.39 is 0 Å². The predicted octanol–water partition coefficient (Wildman–Crippen LogP) is 3.55. The van der Waals surface area contributed by atoms with Crippen molar-refractivity contribution in [2.45, 2.75) is 13.5 Å². The minimum atomic E-state index is 0.0256. The van der Waals surface area contributed by atoms with Crippen molar-refractivity contribution >= 4 is 44.5 Å². The molecule has 0 bridgehead atoms. The number of aryl methyl sites for hydroxylation is 1. The van der Waals surface area contributed by atoms with Gasteiger partial charge in [0.25, 0.3) is 5.91 Å². The number of thiazole rings is 1. The topological polar surface area (TPSA) is 33.2 Å². The maximum atomic E-state index is 12.1. The van der Waals surface area contributed by atoms with Gasteiger partial charge in [-0.3, -0.25) is 4.79 Å². The molecule has 2 rings (SSSR count). The Labute approximate surface area is 116 Å². The van der Waals surface area contributed by atoms with Crippen molar-refractivity contribution in [2.24, 2.45) is 0 Å². The summed E-state index contributed by atoms with van der Waals surface area (Å²) >= 11 is 6.48. The summed E-state index contributed by atoms with van der Waals surface area (Å²) in [4.78, 5) is 18.1. The Hall–Kier alpha value is -0.720. The number of carbonyl (C=O) groups excluding carboxylic acids is 1. The van der Waals surface area contributed by atoms with Crippen LogP contribution in [0.25, 0.3) is 0 Å². The standard InChI is InChI=1S/C11H11BrN2OS2/c1-7-13-9(6-16-7)4-14(2)11(15)8-3-10(12)17-5-8/h3,5-6H,4H2,1-2H3. The van der Waals surface area contributed by atoms with Crippen molar-refractivity contribution in [3.8, 4) is 0 Å². The van der Waals surface area contributed by atoms with E-state index in [1.807, 2.05) is 23.8 Å². The fourth-order valence-corrected chi connectivity index (χ4v) is 3.17. The molecule has 0 N–H and O–H groups in total. The summed E-state index contributed by atoms with van der Waals surface area (Å²) in [5.74, 6) is 0.0256. The molecule has 0 aliphatic rings. The third kappa shape index (κ3) is 3.14. The van der Waals surface area contributed by atoms with Crippen molar-refractivity contribution in [1.82, 2.24) is 9.88 Å². The molecule has 0 atom stereocenters. The lowest BCUT2D eigenvalue weighted by atomic mass is 10.3. The summed E-state index contributed by atoms with van der Waals surface area (Å²) in [6.07, 6.45) is 0. The number of amides is 1. The van der Waals surface area contributed by atoms with Crippen LogP contribution in [0.2, 0.25) is 0 Å². The number of hydrogen-bond acceptors (Lipinski definition) is 4. The highest BCUT2D eigenvalue weighted by atomic mass is 79.9. The molecule has 0 aliphatic heterocycles. The molecule has 0 saturated carbocycles. The predicted molar refractivity (Wildman–Crippen MR) is 74.7 cm³/mol. The molecular formula is C11H11BrN2OS2. The number of nitrogens with zero attached hydrogens (tertiary/aromatic N) is 2. The molecular weight excluding hydrogens is 320 g/mol. The highest BCUT2D eigenvalue weighted by Gasteiger charge is 2.14. The molecule has 0 fully saturated rings. The first-order valence-electron chi connectivity index (χ1n) is 4.97. The van der Waals surface area contributed by atoms with E-state index in [1.54, 1.807) is 23.3 Å². The van der Waals surface area contributed by atoms with Crippen molar-refractivity contribution in [2.75, 3.05) is 7.05 Å². The van der Waals surface area contributed by atoms with Gasteiger partial charge < -0.3 is 4.90 Å². The van der Waals surface area contributed by atoms with Gasteiger partial charge in [-0.1, -0.05) is 0 Å². The number of carbonyl (C=O) groups is 1. The number of hydrogen-bond donors (Lipinski definition) is 0. The Bertz CT molecular complexity index is 535. The van der Waals surface area contributed by atoms with Crippen LogP contribution in [0.3, 0.4) is 0 Å². The van der Waals surface area contributed by atoms with Gasteiger partial charge in [0.1, 0.15) is 0 Å².